The molecule has 0 saturated carbocycles. The van der Waals surface area contributed by atoms with Gasteiger partial charge in [-0.3, -0.25) is 0 Å². The van der Waals surface area contributed by atoms with Gasteiger partial charge in [-0.1, -0.05) is 18.2 Å². The zero-order valence-corrected chi connectivity index (χ0v) is 9.20. The zero-order chi connectivity index (χ0) is 11.0. The first-order valence-electron chi connectivity index (χ1n) is 5.85. The average molecular weight is 213 g/mol. The van der Waals surface area contributed by atoms with Crippen molar-refractivity contribution < 1.29 is 4.79 Å². The van der Waals surface area contributed by atoms with Crippen LogP contribution in [0.25, 0.3) is 0 Å². The van der Waals surface area contributed by atoms with Gasteiger partial charge in [-0.25, -0.2) is 0 Å². The van der Waals surface area contributed by atoms with Crippen LogP contribution in [0.1, 0.15) is 19.3 Å². The van der Waals surface area contributed by atoms with Crippen LogP contribution >= 0.6 is 0 Å². The van der Waals surface area contributed by atoms with E-state index in [9.17, 15) is 4.79 Å². The van der Waals surface area contributed by atoms with Crippen LogP contribution in [0.15, 0.2) is 46.7 Å². The molecule has 0 amide bonds. The summed E-state index contributed by atoms with van der Waals surface area (Å²) in [6, 6.07) is 0. The number of carbonyl (C=O) groups is 1. The fourth-order valence-electron chi connectivity index (χ4n) is 2.61. The van der Waals surface area contributed by atoms with Crippen LogP contribution in [0.3, 0.4) is 0 Å². The summed E-state index contributed by atoms with van der Waals surface area (Å²) in [6.45, 7) is 0.787. The molecule has 0 bridgehead atoms. The highest BCUT2D eigenvalue weighted by Crippen LogP contribution is 2.35. The highest BCUT2D eigenvalue weighted by atomic mass is 16.1. The highest BCUT2D eigenvalue weighted by molar-refractivity contribution is 5.59. The number of carbonyl (C=O) groups excluding carboxylic acids is 1. The van der Waals surface area contributed by atoms with Crippen LogP contribution < -0.4 is 5.32 Å². The maximum absolute atomic E-state index is 10.8. The zero-order valence-electron chi connectivity index (χ0n) is 9.20. The van der Waals surface area contributed by atoms with Gasteiger partial charge in [-0.05, 0) is 42.1 Å². The summed E-state index contributed by atoms with van der Waals surface area (Å²) in [6.07, 6.45) is 13.0. The molecule has 2 aliphatic carbocycles. The van der Waals surface area contributed by atoms with Crippen LogP contribution in [0.5, 0.6) is 0 Å². The van der Waals surface area contributed by atoms with E-state index in [-0.39, 0.29) is 5.92 Å². The topological polar surface area (TPSA) is 29.1 Å². The van der Waals surface area contributed by atoms with Crippen molar-refractivity contribution in [2.75, 3.05) is 6.54 Å². The van der Waals surface area contributed by atoms with Crippen molar-refractivity contribution in [1.82, 2.24) is 5.32 Å². The van der Waals surface area contributed by atoms with Crippen molar-refractivity contribution in [3.8, 4) is 0 Å². The van der Waals surface area contributed by atoms with Crippen molar-refractivity contribution >= 4 is 6.29 Å². The molecule has 0 fully saturated rings. The SMILES string of the molecule is O=CC1CNC2=C(CC3=CCC=CC3=C2)C1. The lowest BCUT2D eigenvalue weighted by atomic mass is 9.82. The fourth-order valence-corrected chi connectivity index (χ4v) is 2.61. The number of hydrogen-bond donors (Lipinski definition) is 1. The lowest BCUT2D eigenvalue weighted by Crippen LogP contribution is -2.31. The van der Waals surface area contributed by atoms with E-state index in [1.54, 1.807) is 0 Å². The van der Waals surface area contributed by atoms with E-state index in [1.165, 1.54) is 22.4 Å². The quantitative estimate of drug-likeness (QED) is 0.677. The molecule has 1 unspecified atom stereocenters. The number of aldehydes is 1. The number of rotatable bonds is 1. The Kier molecular flexibility index (Phi) is 2.28. The van der Waals surface area contributed by atoms with Gasteiger partial charge in [0.25, 0.3) is 0 Å². The Balaban J connectivity index is 1.93. The third kappa shape index (κ3) is 1.54. The van der Waals surface area contributed by atoms with Crippen molar-refractivity contribution in [2.24, 2.45) is 5.92 Å². The Labute approximate surface area is 95.4 Å². The molecule has 1 atom stereocenters. The summed E-state index contributed by atoms with van der Waals surface area (Å²) < 4.78 is 0. The number of fused-ring (bicyclic) bond motifs is 1. The lowest BCUT2D eigenvalue weighted by molar-refractivity contribution is -0.111. The fraction of sp³-hybridized carbons (Fsp3) is 0.357. The van der Waals surface area contributed by atoms with Gasteiger partial charge in [-0.15, -0.1) is 0 Å². The van der Waals surface area contributed by atoms with Gasteiger partial charge in [0.15, 0.2) is 0 Å². The maximum atomic E-state index is 10.8. The summed E-state index contributed by atoms with van der Waals surface area (Å²) in [5.41, 5.74) is 5.40. The van der Waals surface area contributed by atoms with E-state index >= 15 is 0 Å². The van der Waals surface area contributed by atoms with Crippen molar-refractivity contribution in [3.05, 3.63) is 46.7 Å². The van der Waals surface area contributed by atoms with Crippen LogP contribution in [-0.2, 0) is 4.79 Å². The van der Waals surface area contributed by atoms with E-state index in [2.05, 4.69) is 29.6 Å². The molecule has 2 nitrogen and oxygen atoms in total. The molecule has 0 saturated heterocycles. The highest BCUT2D eigenvalue weighted by Gasteiger charge is 2.24. The molecular weight excluding hydrogens is 198 g/mol. The van der Waals surface area contributed by atoms with Gasteiger partial charge in [0, 0.05) is 18.2 Å². The minimum atomic E-state index is 0.161. The second kappa shape index (κ2) is 3.78. The Bertz CT molecular complexity index is 451. The summed E-state index contributed by atoms with van der Waals surface area (Å²) in [5, 5.41) is 3.37. The minimum Gasteiger partial charge on any atom is -0.384 e. The van der Waals surface area contributed by atoms with E-state index in [1.807, 2.05) is 0 Å². The third-order valence-corrected chi connectivity index (χ3v) is 3.51. The largest absolute Gasteiger partial charge is 0.384 e. The number of nitrogens with one attached hydrogen (secondary N) is 1. The Morgan fingerprint density at radius 2 is 2.38 bits per heavy atom. The first-order valence-corrected chi connectivity index (χ1v) is 5.85. The first kappa shape index (κ1) is 9.64. The first-order chi connectivity index (χ1) is 7.86. The predicted molar refractivity (Wildman–Crippen MR) is 63.7 cm³/mol. The van der Waals surface area contributed by atoms with Crippen LogP contribution in [0.2, 0.25) is 0 Å². The van der Waals surface area contributed by atoms with Crippen molar-refractivity contribution in [3.63, 3.8) is 0 Å². The monoisotopic (exact) mass is 213 g/mol. The van der Waals surface area contributed by atoms with E-state index in [4.69, 9.17) is 0 Å². The van der Waals surface area contributed by atoms with Crippen LogP contribution in [-0.4, -0.2) is 12.8 Å². The number of hydrogen-bond acceptors (Lipinski definition) is 2. The van der Waals surface area contributed by atoms with Gasteiger partial charge in [-0.2, -0.15) is 0 Å². The standard InChI is InChI=1S/C14H15NO/c16-9-10-5-13-6-11-3-1-2-4-12(11)7-14(13)15-8-10/h2-4,7,9-10,15H,1,5-6,8H2. The van der Waals surface area contributed by atoms with E-state index in [0.717, 1.165) is 32.1 Å². The smallest absolute Gasteiger partial charge is 0.125 e. The second-order valence-electron chi connectivity index (χ2n) is 4.64. The van der Waals surface area contributed by atoms with Crippen molar-refractivity contribution in [2.45, 2.75) is 19.3 Å². The summed E-state index contributed by atoms with van der Waals surface area (Å²) in [7, 11) is 0. The molecule has 1 N–H and O–H groups in total. The van der Waals surface area contributed by atoms with Gasteiger partial charge >= 0.3 is 0 Å². The molecule has 1 heterocycles. The minimum absolute atomic E-state index is 0.161. The predicted octanol–water partition coefficient (Wildman–Crippen LogP) is 2.27. The molecule has 0 radical (unpaired) electrons. The van der Waals surface area contributed by atoms with Gasteiger partial charge in [0.1, 0.15) is 6.29 Å². The third-order valence-electron chi connectivity index (χ3n) is 3.51. The molecule has 3 rings (SSSR count). The molecule has 3 aliphatic rings. The normalized spacial score (nSPS) is 27.4. The van der Waals surface area contributed by atoms with Gasteiger partial charge < -0.3 is 10.1 Å². The molecule has 16 heavy (non-hydrogen) atoms. The summed E-state index contributed by atoms with van der Waals surface area (Å²) in [4.78, 5) is 10.8. The Morgan fingerprint density at radius 1 is 1.44 bits per heavy atom. The van der Waals surface area contributed by atoms with Crippen molar-refractivity contribution in [1.29, 1.82) is 0 Å². The molecular formula is C14H15NO. The molecule has 0 aromatic rings. The van der Waals surface area contributed by atoms with E-state index < -0.39 is 0 Å². The molecule has 0 aromatic carbocycles. The summed E-state index contributed by atoms with van der Waals surface area (Å²) >= 11 is 0. The lowest BCUT2D eigenvalue weighted by Gasteiger charge is -2.30. The van der Waals surface area contributed by atoms with Gasteiger partial charge in [0.2, 0.25) is 0 Å². The Hall–Kier alpha value is -1.57. The van der Waals surface area contributed by atoms with Crippen LogP contribution in [0.4, 0.5) is 0 Å². The molecule has 1 aliphatic heterocycles. The van der Waals surface area contributed by atoms with E-state index in [0.29, 0.717) is 0 Å². The Morgan fingerprint density at radius 3 is 3.25 bits per heavy atom. The second-order valence-corrected chi connectivity index (χ2v) is 4.64. The van der Waals surface area contributed by atoms with Gasteiger partial charge in [0.05, 0.1) is 0 Å². The average Bonchev–Trinajstić information content (AvgIpc) is 2.35. The number of allylic oxidation sites excluding steroid dienone is 7. The molecule has 0 spiro atoms. The molecule has 2 heteroatoms. The molecule has 82 valence electrons. The maximum Gasteiger partial charge on any atom is 0.125 e. The van der Waals surface area contributed by atoms with Crippen LogP contribution in [0, 0.1) is 5.92 Å². The molecule has 0 aromatic heterocycles. The summed E-state index contributed by atoms with van der Waals surface area (Å²) in [5.74, 6) is 0.161.